The van der Waals surface area contributed by atoms with Crippen LogP contribution in [-0.4, -0.2) is 43.0 Å². The number of carbonyl (C=O) groups excluding carboxylic acids is 1. The van der Waals surface area contributed by atoms with Crippen molar-refractivity contribution in [3.8, 4) is 5.75 Å². The predicted molar refractivity (Wildman–Crippen MR) is 93.4 cm³/mol. The molecule has 3 unspecified atom stereocenters. The van der Waals surface area contributed by atoms with E-state index in [1.807, 2.05) is 18.2 Å². The highest BCUT2D eigenvalue weighted by molar-refractivity contribution is 5.98. The van der Waals surface area contributed by atoms with Crippen molar-refractivity contribution in [2.75, 3.05) is 31.5 Å². The monoisotopic (exact) mass is 316 g/mol. The molecule has 2 aliphatic heterocycles. The molecule has 1 N–H and O–H groups in total. The Hall–Kier alpha value is -1.55. The summed E-state index contributed by atoms with van der Waals surface area (Å²) >= 11 is 0. The number of rotatable bonds is 4. The SMILES string of the molecule is CCC1CNc2cc(C(=O)CN3CC(C)CC(C)C3)ccc2O1. The van der Waals surface area contributed by atoms with Crippen molar-refractivity contribution >= 4 is 11.5 Å². The third-order valence-corrected chi connectivity index (χ3v) is 4.88. The van der Waals surface area contributed by atoms with E-state index in [9.17, 15) is 4.79 Å². The second-order valence-corrected chi connectivity index (χ2v) is 7.30. The Morgan fingerprint density at radius 2 is 2.04 bits per heavy atom. The van der Waals surface area contributed by atoms with Gasteiger partial charge in [0, 0.05) is 18.7 Å². The first-order valence-electron chi connectivity index (χ1n) is 8.85. The van der Waals surface area contributed by atoms with Crippen molar-refractivity contribution in [1.82, 2.24) is 4.90 Å². The van der Waals surface area contributed by atoms with Gasteiger partial charge in [0.25, 0.3) is 0 Å². The number of Topliss-reactive ketones (excluding diaryl/α,β-unsaturated/α-hetero) is 1. The van der Waals surface area contributed by atoms with Gasteiger partial charge in [0.15, 0.2) is 5.78 Å². The van der Waals surface area contributed by atoms with Crippen LogP contribution in [0.25, 0.3) is 0 Å². The van der Waals surface area contributed by atoms with Crippen molar-refractivity contribution in [2.45, 2.75) is 39.7 Å². The molecule has 126 valence electrons. The number of ketones is 1. The molecule has 2 heterocycles. The minimum atomic E-state index is 0.202. The standard InChI is InChI=1S/C19H28N2O2/c1-4-16-9-20-17-8-15(5-6-19(17)23-16)18(22)12-21-10-13(2)7-14(3)11-21/h5-6,8,13-14,16,20H,4,7,9-12H2,1-3H3. The van der Waals surface area contributed by atoms with E-state index in [2.05, 4.69) is 31.0 Å². The van der Waals surface area contributed by atoms with Gasteiger partial charge in [-0.25, -0.2) is 0 Å². The average molecular weight is 316 g/mol. The fourth-order valence-electron chi connectivity index (χ4n) is 3.83. The second-order valence-electron chi connectivity index (χ2n) is 7.30. The quantitative estimate of drug-likeness (QED) is 0.864. The molecule has 0 bridgehead atoms. The van der Waals surface area contributed by atoms with Gasteiger partial charge in [0.2, 0.25) is 0 Å². The van der Waals surface area contributed by atoms with Crippen molar-refractivity contribution in [3.05, 3.63) is 23.8 Å². The molecule has 0 amide bonds. The molecule has 3 rings (SSSR count). The molecular formula is C19H28N2O2. The van der Waals surface area contributed by atoms with Gasteiger partial charge in [-0.1, -0.05) is 20.8 Å². The summed E-state index contributed by atoms with van der Waals surface area (Å²) < 4.78 is 5.91. The average Bonchev–Trinajstić information content (AvgIpc) is 2.52. The number of ether oxygens (including phenoxy) is 1. The summed E-state index contributed by atoms with van der Waals surface area (Å²) in [6.45, 7) is 10.1. The molecule has 1 aromatic carbocycles. The lowest BCUT2D eigenvalue weighted by molar-refractivity contribution is 0.0849. The minimum absolute atomic E-state index is 0.202. The molecular weight excluding hydrogens is 288 g/mol. The first-order chi connectivity index (χ1) is 11.0. The summed E-state index contributed by atoms with van der Waals surface area (Å²) in [4.78, 5) is 14.9. The number of anilines is 1. The number of nitrogens with one attached hydrogen (secondary N) is 1. The third-order valence-electron chi connectivity index (χ3n) is 4.88. The zero-order valence-corrected chi connectivity index (χ0v) is 14.5. The van der Waals surface area contributed by atoms with E-state index in [0.717, 1.165) is 43.1 Å². The van der Waals surface area contributed by atoms with E-state index in [-0.39, 0.29) is 11.9 Å². The zero-order valence-electron chi connectivity index (χ0n) is 14.5. The zero-order chi connectivity index (χ0) is 16.4. The Balaban J connectivity index is 1.66. The predicted octanol–water partition coefficient (Wildman–Crippen LogP) is 3.43. The minimum Gasteiger partial charge on any atom is -0.486 e. The van der Waals surface area contributed by atoms with Crippen LogP contribution >= 0.6 is 0 Å². The van der Waals surface area contributed by atoms with Crippen LogP contribution in [0.15, 0.2) is 18.2 Å². The van der Waals surface area contributed by atoms with Gasteiger partial charge in [-0.2, -0.15) is 0 Å². The molecule has 4 nitrogen and oxygen atoms in total. The maximum absolute atomic E-state index is 12.6. The molecule has 1 saturated heterocycles. The van der Waals surface area contributed by atoms with Gasteiger partial charge in [0.05, 0.1) is 18.8 Å². The number of fused-ring (bicyclic) bond motifs is 1. The maximum Gasteiger partial charge on any atom is 0.176 e. The molecule has 0 radical (unpaired) electrons. The Morgan fingerprint density at radius 1 is 1.30 bits per heavy atom. The third kappa shape index (κ3) is 3.86. The number of hydrogen-bond acceptors (Lipinski definition) is 4. The molecule has 0 saturated carbocycles. The smallest absolute Gasteiger partial charge is 0.176 e. The van der Waals surface area contributed by atoms with E-state index >= 15 is 0 Å². The highest BCUT2D eigenvalue weighted by Gasteiger charge is 2.24. The molecule has 23 heavy (non-hydrogen) atoms. The van der Waals surface area contributed by atoms with Crippen LogP contribution < -0.4 is 10.1 Å². The lowest BCUT2D eigenvalue weighted by atomic mass is 9.91. The largest absolute Gasteiger partial charge is 0.486 e. The lowest BCUT2D eigenvalue weighted by Crippen LogP contribution is -2.41. The number of likely N-dealkylation sites (tertiary alicyclic amines) is 1. The molecule has 1 aromatic rings. The summed E-state index contributed by atoms with van der Waals surface area (Å²) in [5, 5.41) is 3.39. The van der Waals surface area contributed by atoms with Gasteiger partial charge < -0.3 is 10.1 Å². The fraction of sp³-hybridized carbons (Fsp3) is 0.632. The van der Waals surface area contributed by atoms with E-state index < -0.39 is 0 Å². The van der Waals surface area contributed by atoms with Crippen LogP contribution in [0, 0.1) is 11.8 Å². The van der Waals surface area contributed by atoms with Crippen molar-refractivity contribution in [3.63, 3.8) is 0 Å². The Bertz CT molecular complexity index is 562. The molecule has 0 aliphatic carbocycles. The van der Waals surface area contributed by atoms with E-state index in [1.165, 1.54) is 6.42 Å². The fourth-order valence-corrected chi connectivity index (χ4v) is 3.83. The Labute approximate surface area is 139 Å². The molecule has 2 aliphatic rings. The lowest BCUT2D eigenvalue weighted by Gasteiger charge is -2.34. The second kappa shape index (κ2) is 6.91. The van der Waals surface area contributed by atoms with Crippen molar-refractivity contribution in [1.29, 1.82) is 0 Å². The van der Waals surface area contributed by atoms with Gasteiger partial charge in [-0.15, -0.1) is 0 Å². The number of nitrogens with zero attached hydrogens (tertiary/aromatic N) is 1. The van der Waals surface area contributed by atoms with Crippen LogP contribution in [0.4, 0.5) is 5.69 Å². The number of piperidine rings is 1. The number of carbonyl (C=O) groups is 1. The van der Waals surface area contributed by atoms with Crippen LogP contribution in [0.1, 0.15) is 44.0 Å². The van der Waals surface area contributed by atoms with E-state index in [4.69, 9.17) is 4.74 Å². The topological polar surface area (TPSA) is 41.6 Å². The van der Waals surface area contributed by atoms with Crippen molar-refractivity contribution in [2.24, 2.45) is 11.8 Å². The molecule has 4 heteroatoms. The summed E-state index contributed by atoms with van der Waals surface area (Å²) in [5.74, 6) is 2.42. The summed E-state index contributed by atoms with van der Waals surface area (Å²) in [6.07, 6.45) is 2.47. The number of benzene rings is 1. The van der Waals surface area contributed by atoms with Crippen LogP contribution in [0.2, 0.25) is 0 Å². The Kier molecular flexibility index (Phi) is 4.90. The van der Waals surface area contributed by atoms with Gasteiger partial charge in [-0.05, 0) is 42.9 Å². The highest BCUT2D eigenvalue weighted by Crippen LogP contribution is 2.31. The number of hydrogen-bond donors (Lipinski definition) is 1. The van der Waals surface area contributed by atoms with Crippen LogP contribution in [-0.2, 0) is 0 Å². The molecule has 3 atom stereocenters. The first-order valence-corrected chi connectivity index (χ1v) is 8.85. The normalized spacial score (nSPS) is 27.7. The van der Waals surface area contributed by atoms with Crippen molar-refractivity contribution < 1.29 is 9.53 Å². The summed E-state index contributed by atoms with van der Waals surface area (Å²) in [5.41, 5.74) is 1.72. The first kappa shape index (κ1) is 16.3. The maximum atomic E-state index is 12.6. The summed E-state index contributed by atoms with van der Waals surface area (Å²) in [7, 11) is 0. The van der Waals surface area contributed by atoms with Crippen LogP contribution in [0.3, 0.4) is 0 Å². The molecule has 1 fully saturated rings. The van der Waals surface area contributed by atoms with Gasteiger partial charge >= 0.3 is 0 Å². The molecule has 0 aromatic heterocycles. The molecule has 0 spiro atoms. The van der Waals surface area contributed by atoms with Crippen LogP contribution in [0.5, 0.6) is 5.75 Å². The van der Waals surface area contributed by atoms with E-state index in [1.54, 1.807) is 0 Å². The Morgan fingerprint density at radius 3 is 2.74 bits per heavy atom. The summed E-state index contributed by atoms with van der Waals surface area (Å²) in [6, 6.07) is 5.77. The van der Waals surface area contributed by atoms with Gasteiger partial charge in [0.1, 0.15) is 11.9 Å². The van der Waals surface area contributed by atoms with E-state index in [0.29, 0.717) is 18.4 Å². The van der Waals surface area contributed by atoms with Gasteiger partial charge in [-0.3, -0.25) is 9.69 Å². The highest BCUT2D eigenvalue weighted by atomic mass is 16.5.